The first-order valence-electron chi connectivity index (χ1n) is 11.3. The highest BCUT2D eigenvalue weighted by Gasteiger charge is 2.40. The number of hydrogen-bond donors (Lipinski definition) is 0. The molecule has 4 rings (SSSR count). The number of piperazine rings is 1. The van der Waals surface area contributed by atoms with Gasteiger partial charge in [-0.2, -0.15) is 4.31 Å². The van der Waals surface area contributed by atoms with Crippen molar-refractivity contribution < 1.29 is 26.8 Å². The van der Waals surface area contributed by atoms with Crippen molar-refractivity contribution in [3.05, 3.63) is 29.8 Å². The standard InChI is InChI=1S/C22H29F2N3O4S/c23-17-8-9-20(18(24)15-17)32(30,31)26-13-11-25(12-14-26)22(29)19-7-4-10-27(19)21(28)16-5-2-1-3-6-16/h8-9,15-16,19H,1-7,10-14H2. The highest BCUT2D eigenvalue weighted by molar-refractivity contribution is 7.89. The van der Waals surface area contributed by atoms with E-state index in [4.69, 9.17) is 0 Å². The average Bonchev–Trinajstić information content (AvgIpc) is 3.28. The quantitative estimate of drug-likeness (QED) is 0.678. The summed E-state index contributed by atoms with van der Waals surface area (Å²) >= 11 is 0. The van der Waals surface area contributed by atoms with Gasteiger partial charge in [0.05, 0.1) is 0 Å². The average molecular weight is 470 g/mol. The SMILES string of the molecule is O=C(C1CCCN1C(=O)C1CCCCC1)N1CCN(S(=O)(=O)c2ccc(F)cc2F)CC1. The zero-order valence-electron chi connectivity index (χ0n) is 18.0. The monoisotopic (exact) mass is 469 g/mol. The second-order valence-corrected chi connectivity index (χ2v) is 10.7. The van der Waals surface area contributed by atoms with Gasteiger partial charge in [-0.05, 0) is 37.8 Å². The lowest BCUT2D eigenvalue weighted by Crippen LogP contribution is -2.55. The molecule has 2 amide bonds. The highest BCUT2D eigenvalue weighted by Crippen LogP contribution is 2.30. The van der Waals surface area contributed by atoms with Gasteiger partial charge < -0.3 is 9.80 Å². The van der Waals surface area contributed by atoms with Crippen LogP contribution in [0.25, 0.3) is 0 Å². The summed E-state index contributed by atoms with van der Waals surface area (Å²) in [5.74, 6) is -2.04. The number of carbonyl (C=O) groups excluding carboxylic acids is 2. The van der Waals surface area contributed by atoms with E-state index in [1.165, 1.54) is 0 Å². The molecule has 1 aromatic rings. The molecule has 0 spiro atoms. The Labute approximate surface area is 187 Å². The molecular weight excluding hydrogens is 440 g/mol. The third kappa shape index (κ3) is 4.52. The lowest BCUT2D eigenvalue weighted by Gasteiger charge is -2.37. The highest BCUT2D eigenvalue weighted by atomic mass is 32.2. The topological polar surface area (TPSA) is 78.0 Å². The Morgan fingerprint density at radius 1 is 0.844 bits per heavy atom. The molecule has 3 aliphatic rings. The van der Waals surface area contributed by atoms with Gasteiger partial charge in [-0.25, -0.2) is 17.2 Å². The van der Waals surface area contributed by atoms with Gasteiger partial charge in [0.15, 0.2) is 0 Å². The molecule has 10 heteroatoms. The maximum atomic E-state index is 14.0. The molecule has 1 aromatic carbocycles. The Hall–Kier alpha value is -2.07. The molecule has 7 nitrogen and oxygen atoms in total. The van der Waals surface area contributed by atoms with Crippen LogP contribution in [0.3, 0.4) is 0 Å². The van der Waals surface area contributed by atoms with Gasteiger partial charge >= 0.3 is 0 Å². The molecule has 0 aromatic heterocycles. The summed E-state index contributed by atoms with van der Waals surface area (Å²) in [6.07, 6.45) is 6.42. The first kappa shape index (κ1) is 23.1. The smallest absolute Gasteiger partial charge is 0.246 e. The molecule has 1 unspecified atom stereocenters. The Morgan fingerprint density at radius 3 is 2.19 bits per heavy atom. The third-order valence-corrected chi connectivity index (χ3v) is 8.77. The number of rotatable bonds is 4. The molecule has 3 fully saturated rings. The minimum Gasteiger partial charge on any atom is -0.338 e. The largest absolute Gasteiger partial charge is 0.338 e. The predicted octanol–water partition coefficient (Wildman–Crippen LogP) is 2.37. The van der Waals surface area contributed by atoms with Crippen molar-refractivity contribution in [1.29, 1.82) is 0 Å². The van der Waals surface area contributed by atoms with E-state index in [9.17, 15) is 26.8 Å². The summed E-state index contributed by atoms with van der Waals surface area (Å²) < 4.78 is 53.9. The molecule has 176 valence electrons. The zero-order chi connectivity index (χ0) is 22.9. The zero-order valence-corrected chi connectivity index (χ0v) is 18.8. The van der Waals surface area contributed by atoms with Crippen molar-refractivity contribution in [2.75, 3.05) is 32.7 Å². The third-order valence-electron chi connectivity index (χ3n) is 6.84. The number of hydrogen-bond acceptors (Lipinski definition) is 4. The van der Waals surface area contributed by atoms with Crippen LogP contribution in [0, 0.1) is 17.6 Å². The molecule has 1 saturated carbocycles. The summed E-state index contributed by atoms with van der Waals surface area (Å²) in [4.78, 5) is 28.9. The normalized spacial score (nSPS) is 23.5. The van der Waals surface area contributed by atoms with Crippen molar-refractivity contribution >= 4 is 21.8 Å². The number of benzene rings is 1. The Bertz CT molecular complexity index is 973. The molecule has 2 aliphatic heterocycles. The van der Waals surface area contributed by atoms with Gasteiger partial charge in [0, 0.05) is 44.7 Å². The summed E-state index contributed by atoms with van der Waals surface area (Å²) in [5, 5.41) is 0. The maximum absolute atomic E-state index is 14.0. The molecule has 2 heterocycles. The van der Waals surface area contributed by atoms with Crippen molar-refractivity contribution in [2.45, 2.75) is 55.9 Å². The summed E-state index contributed by atoms with van der Waals surface area (Å²) in [7, 11) is -4.13. The second-order valence-electron chi connectivity index (χ2n) is 8.83. The van der Waals surface area contributed by atoms with E-state index in [0.717, 1.165) is 55.0 Å². The van der Waals surface area contributed by atoms with Crippen LogP contribution in [-0.4, -0.2) is 73.1 Å². The van der Waals surface area contributed by atoms with Crippen LogP contribution in [0.15, 0.2) is 23.1 Å². The van der Waals surface area contributed by atoms with Crippen LogP contribution in [0.2, 0.25) is 0 Å². The first-order valence-corrected chi connectivity index (χ1v) is 12.8. The van der Waals surface area contributed by atoms with E-state index in [1.807, 2.05) is 0 Å². The minimum absolute atomic E-state index is 0.00439. The van der Waals surface area contributed by atoms with Crippen LogP contribution >= 0.6 is 0 Å². The van der Waals surface area contributed by atoms with Gasteiger partial charge in [-0.15, -0.1) is 0 Å². The second kappa shape index (κ2) is 9.43. The van der Waals surface area contributed by atoms with Gasteiger partial charge in [-0.1, -0.05) is 19.3 Å². The van der Waals surface area contributed by atoms with Gasteiger partial charge in [-0.3, -0.25) is 9.59 Å². The number of likely N-dealkylation sites (tertiary alicyclic amines) is 1. The van der Waals surface area contributed by atoms with Crippen molar-refractivity contribution in [2.24, 2.45) is 5.92 Å². The van der Waals surface area contributed by atoms with Gasteiger partial charge in [0.1, 0.15) is 22.6 Å². The molecule has 1 aliphatic carbocycles. The van der Waals surface area contributed by atoms with Crippen LogP contribution in [0.5, 0.6) is 0 Å². The summed E-state index contributed by atoms with van der Waals surface area (Å²) in [6, 6.07) is 1.89. The molecule has 0 N–H and O–H groups in total. The molecule has 1 atom stereocenters. The molecule has 2 saturated heterocycles. The van der Waals surface area contributed by atoms with Crippen molar-refractivity contribution in [3.8, 4) is 0 Å². The fourth-order valence-electron chi connectivity index (χ4n) is 5.05. The van der Waals surface area contributed by atoms with Gasteiger partial charge in [0.25, 0.3) is 0 Å². The van der Waals surface area contributed by atoms with E-state index >= 15 is 0 Å². The number of sulfonamides is 1. The van der Waals surface area contributed by atoms with Crippen LogP contribution < -0.4 is 0 Å². The Morgan fingerprint density at radius 2 is 1.53 bits per heavy atom. The number of nitrogens with zero attached hydrogens (tertiary/aromatic N) is 3. The van der Waals surface area contributed by atoms with E-state index < -0.39 is 32.6 Å². The molecule has 32 heavy (non-hydrogen) atoms. The molecule has 0 bridgehead atoms. The summed E-state index contributed by atoms with van der Waals surface area (Å²) in [6.45, 7) is 0.970. The first-order chi connectivity index (χ1) is 15.3. The van der Waals surface area contributed by atoms with E-state index in [1.54, 1.807) is 9.80 Å². The number of halogens is 2. The Balaban J connectivity index is 1.39. The fourth-order valence-corrected chi connectivity index (χ4v) is 6.52. The van der Waals surface area contributed by atoms with Gasteiger partial charge in [0.2, 0.25) is 21.8 Å². The molecular formula is C22H29F2N3O4S. The fraction of sp³-hybridized carbons (Fsp3) is 0.636. The lowest BCUT2D eigenvalue weighted by molar-refractivity contribution is -0.147. The van der Waals surface area contributed by atoms with Crippen LogP contribution in [0.1, 0.15) is 44.9 Å². The van der Waals surface area contributed by atoms with E-state index in [2.05, 4.69) is 0 Å². The summed E-state index contributed by atoms with van der Waals surface area (Å²) in [5.41, 5.74) is 0. The van der Waals surface area contributed by atoms with E-state index in [-0.39, 0.29) is 43.9 Å². The predicted molar refractivity (Wildman–Crippen MR) is 113 cm³/mol. The lowest BCUT2D eigenvalue weighted by atomic mass is 9.88. The van der Waals surface area contributed by atoms with Crippen LogP contribution in [0.4, 0.5) is 8.78 Å². The van der Waals surface area contributed by atoms with E-state index in [0.29, 0.717) is 19.0 Å². The number of amides is 2. The van der Waals surface area contributed by atoms with Crippen molar-refractivity contribution in [1.82, 2.24) is 14.1 Å². The van der Waals surface area contributed by atoms with Crippen molar-refractivity contribution in [3.63, 3.8) is 0 Å². The minimum atomic E-state index is -4.13. The van der Waals surface area contributed by atoms with Crippen LogP contribution in [-0.2, 0) is 19.6 Å². The maximum Gasteiger partial charge on any atom is 0.246 e. The Kier molecular flexibility index (Phi) is 6.80. The molecule has 0 radical (unpaired) electrons. The number of carbonyl (C=O) groups is 2.